The van der Waals surface area contributed by atoms with Gasteiger partial charge in [-0.3, -0.25) is 4.99 Å². The van der Waals surface area contributed by atoms with Crippen molar-refractivity contribution in [3.63, 3.8) is 0 Å². The number of rotatable bonds is 7. The lowest BCUT2D eigenvalue weighted by atomic mass is 9.90. The molecule has 2 atom stereocenters. The maximum absolute atomic E-state index is 6.11. The first-order chi connectivity index (χ1) is 12.3. The summed E-state index contributed by atoms with van der Waals surface area (Å²) in [5.74, 6) is 4.17. The Morgan fingerprint density at radius 3 is 3.15 bits per heavy atom. The maximum atomic E-state index is 6.11. The molecule has 0 bridgehead atoms. The Morgan fingerprint density at radius 1 is 1.50 bits per heavy atom. The molecule has 1 aromatic heterocycles. The van der Waals surface area contributed by atoms with E-state index < -0.39 is 0 Å². The Labute approximate surface area is 177 Å². The third-order valence-corrected chi connectivity index (χ3v) is 5.93. The summed E-state index contributed by atoms with van der Waals surface area (Å²) in [6.45, 7) is 2.89. The van der Waals surface area contributed by atoms with Crippen LogP contribution < -0.4 is 10.6 Å². The van der Waals surface area contributed by atoms with Crippen LogP contribution in [0.4, 0.5) is 0 Å². The van der Waals surface area contributed by atoms with Crippen LogP contribution in [-0.2, 0) is 15.9 Å². The Bertz CT molecular complexity index is 536. The molecule has 0 saturated carbocycles. The first-order valence-corrected chi connectivity index (χ1v) is 10.2. The van der Waals surface area contributed by atoms with Gasteiger partial charge in [0, 0.05) is 38.5 Å². The van der Waals surface area contributed by atoms with E-state index in [0.29, 0.717) is 19.2 Å². The summed E-state index contributed by atoms with van der Waals surface area (Å²) in [5.41, 5.74) is 0.0758. The van der Waals surface area contributed by atoms with Crippen LogP contribution >= 0.6 is 35.7 Å². The molecule has 1 spiro atoms. The third-order valence-electron chi connectivity index (χ3n) is 4.71. The number of thioether (sulfide) groups is 1. The summed E-state index contributed by atoms with van der Waals surface area (Å²) in [7, 11) is 1.70. The Balaban J connectivity index is 0.00000243. The third kappa shape index (κ3) is 6.61. The van der Waals surface area contributed by atoms with Crippen LogP contribution in [0.25, 0.3) is 0 Å². The average Bonchev–Trinajstić information content (AvgIpc) is 3.28. The maximum Gasteiger partial charge on any atom is 0.191 e. The standard InChI is InChI=1S/C18H29N3O3S.HI/c1-22-11-8-20-17(19-7-4-16-3-2-9-23-16)21-15-5-10-24-18(13-15)6-12-25-14-18;/h2-3,9,15H,4-8,10-14H2,1H3,(H2,19,20,21);1H. The first kappa shape index (κ1) is 21.8. The molecular formula is C18H30IN3O3S. The molecule has 3 heterocycles. The second-order valence-electron chi connectivity index (χ2n) is 6.65. The minimum absolute atomic E-state index is 0. The van der Waals surface area contributed by atoms with Gasteiger partial charge in [0.05, 0.1) is 25.0 Å². The van der Waals surface area contributed by atoms with Crippen molar-refractivity contribution < 1.29 is 13.9 Å². The van der Waals surface area contributed by atoms with Crippen LogP contribution in [0.1, 0.15) is 25.0 Å². The topological polar surface area (TPSA) is 68.0 Å². The molecule has 2 fully saturated rings. The number of furan rings is 1. The van der Waals surface area contributed by atoms with E-state index in [4.69, 9.17) is 13.9 Å². The lowest BCUT2D eigenvalue weighted by Crippen LogP contribution is -2.51. The number of methoxy groups -OCH3 is 1. The highest BCUT2D eigenvalue weighted by molar-refractivity contribution is 14.0. The lowest BCUT2D eigenvalue weighted by molar-refractivity contribution is -0.0679. The molecule has 0 radical (unpaired) electrons. The van der Waals surface area contributed by atoms with E-state index in [1.165, 1.54) is 5.75 Å². The zero-order valence-electron chi connectivity index (χ0n) is 15.4. The molecule has 26 heavy (non-hydrogen) atoms. The van der Waals surface area contributed by atoms with Crippen molar-refractivity contribution in [2.45, 2.75) is 37.3 Å². The van der Waals surface area contributed by atoms with Gasteiger partial charge in [0.1, 0.15) is 5.76 Å². The van der Waals surface area contributed by atoms with Crippen molar-refractivity contribution in [1.82, 2.24) is 10.6 Å². The lowest BCUT2D eigenvalue weighted by Gasteiger charge is -2.38. The van der Waals surface area contributed by atoms with Gasteiger partial charge in [0.2, 0.25) is 0 Å². The van der Waals surface area contributed by atoms with E-state index in [1.807, 2.05) is 23.9 Å². The van der Waals surface area contributed by atoms with Crippen LogP contribution in [-0.4, -0.2) is 62.5 Å². The fraction of sp³-hybridized carbons (Fsp3) is 0.722. The number of nitrogens with zero attached hydrogens (tertiary/aromatic N) is 1. The Kier molecular flexibility index (Phi) is 9.58. The number of nitrogens with one attached hydrogen (secondary N) is 2. The van der Waals surface area contributed by atoms with E-state index in [-0.39, 0.29) is 29.6 Å². The van der Waals surface area contributed by atoms with Crippen molar-refractivity contribution in [2.24, 2.45) is 4.99 Å². The number of guanidine groups is 1. The Hall–Kier alpha value is -0.450. The molecule has 2 unspecified atom stereocenters. The van der Waals surface area contributed by atoms with Crippen LogP contribution in [0.3, 0.4) is 0 Å². The summed E-state index contributed by atoms with van der Waals surface area (Å²) in [5, 5.41) is 7.03. The van der Waals surface area contributed by atoms with Crippen LogP contribution in [0.2, 0.25) is 0 Å². The molecule has 6 nitrogen and oxygen atoms in total. The molecule has 1 aromatic rings. The normalized spacial score (nSPS) is 25.9. The monoisotopic (exact) mass is 495 g/mol. The molecule has 2 aliphatic heterocycles. The zero-order chi connectivity index (χ0) is 17.4. The van der Waals surface area contributed by atoms with Crippen molar-refractivity contribution in [3.8, 4) is 0 Å². The van der Waals surface area contributed by atoms with Crippen LogP contribution in [0, 0.1) is 0 Å². The minimum atomic E-state index is 0. The van der Waals surface area contributed by atoms with Crippen molar-refractivity contribution in [2.75, 3.05) is 44.9 Å². The summed E-state index contributed by atoms with van der Waals surface area (Å²) in [6.07, 6.45) is 5.80. The van der Waals surface area contributed by atoms with Gasteiger partial charge in [-0.05, 0) is 37.1 Å². The van der Waals surface area contributed by atoms with Gasteiger partial charge < -0.3 is 24.5 Å². The van der Waals surface area contributed by atoms with Crippen molar-refractivity contribution in [1.29, 1.82) is 0 Å². The second-order valence-corrected chi connectivity index (χ2v) is 7.75. The van der Waals surface area contributed by atoms with Gasteiger partial charge in [0.15, 0.2) is 5.96 Å². The fourth-order valence-electron chi connectivity index (χ4n) is 3.37. The molecule has 2 aliphatic rings. The highest BCUT2D eigenvalue weighted by atomic mass is 127. The molecule has 8 heteroatoms. The Morgan fingerprint density at radius 2 is 2.42 bits per heavy atom. The molecule has 3 rings (SSSR count). The molecule has 2 N–H and O–H groups in total. The molecule has 0 amide bonds. The number of hydrogen-bond donors (Lipinski definition) is 2. The van der Waals surface area contributed by atoms with Gasteiger partial charge in [0.25, 0.3) is 0 Å². The number of aliphatic imine (C=N–C) groups is 1. The quantitative estimate of drug-likeness (QED) is 0.263. The van der Waals surface area contributed by atoms with E-state index in [2.05, 4.69) is 15.6 Å². The molecular weight excluding hydrogens is 465 g/mol. The number of ether oxygens (including phenoxy) is 2. The van der Waals surface area contributed by atoms with E-state index in [1.54, 1.807) is 13.4 Å². The minimum Gasteiger partial charge on any atom is -0.469 e. The largest absolute Gasteiger partial charge is 0.469 e. The average molecular weight is 495 g/mol. The van der Waals surface area contributed by atoms with Crippen molar-refractivity contribution in [3.05, 3.63) is 24.2 Å². The summed E-state index contributed by atoms with van der Waals surface area (Å²) in [6, 6.07) is 4.32. The van der Waals surface area contributed by atoms with E-state index in [0.717, 1.165) is 56.3 Å². The van der Waals surface area contributed by atoms with E-state index in [9.17, 15) is 0 Å². The molecule has 0 aliphatic carbocycles. The molecule has 148 valence electrons. The van der Waals surface area contributed by atoms with Gasteiger partial charge in [-0.1, -0.05) is 0 Å². The van der Waals surface area contributed by atoms with Crippen molar-refractivity contribution >= 4 is 41.7 Å². The zero-order valence-corrected chi connectivity index (χ0v) is 18.5. The number of halogens is 1. The second kappa shape index (κ2) is 11.4. The predicted octanol–water partition coefficient (Wildman–Crippen LogP) is 2.68. The highest BCUT2D eigenvalue weighted by Gasteiger charge is 2.40. The van der Waals surface area contributed by atoms with Gasteiger partial charge in [-0.2, -0.15) is 11.8 Å². The van der Waals surface area contributed by atoms with Gasteiger partial charge in [-0.25, -0.2) is 0 Å². The molecule has 2 saturated heterocycles. The number of hydrogen-bond acceptors (Lipinski definition) is 5. The van der Waals surface area contributed by atoms with Crippen LogP contribution in [0.15, 0.2) is 27.8 Å². The highest BCUT2D eigenvalue weighted by Crippen LogP contribution is 2.38. The summed E-state index contributed by atoms with van der Waals surface area (Å²) < 4.78 is 16.6. The summed E-state index contributed by atoms with van der Waals surface area (Å²) >= 11 is 2.00. The smallest absolute Gasteiger partial charge is 0.191 e. The summed E-state index contributed by atoms with van der Waals surface area (Å²) in [4.78, 5) is 4.63. The molecule has 0 aromatic carbocycles. The SMILES string of the molecule is COCCN=C(NCCc1ccco1)NC1CCOC2(CCSC2)C1.I. The predicted molar refractivity (Wildman–Crippen MR) is 117 cm³/mol. The van der Waals surface area contributed by atoms with Gasteiger partial charge >= 0.3 is 0 Å². The van der Waals surface area contributed by atoms with Crippen LogP contribution in [0.5, 0.6) is 0 Å². The fourth-order valence-corrected chi connectivity index (χ4v) is 4.75. The van der Waals surface area contributed by atoms with Gasteiger partial charge in [-0.15, -0.1) is 24.0 Å². The van der Waals surface area contributed by atoms with E-state index >= 15 is 0 Å². The first-order valence-electron chi connectivity index (χ1n) is 9.08.